The average Bonchev–Trinajstić information content (AvgIpc) is 3.13. The van der Waals surface area contributed by atoms with E-state index in [0.717, 1.165) is 44.9 Å². The Balaban J connectivity index is 1.54. The van der Waals surface area contributed by atoms with Crippen molar-refractivity contribution in [2.24, 2.45) is 46.3 Å². The number of fused-ring (bicyclic) bond motifs is 5. The molecule has 0 aromatic rings. The molecule has 214 valence electrons. The van der Waals surface area contributed by atoms with Gasteiger partial charge in [-0.2, -0.15) is 16.8 Å². The fraction of sp³-hybridized carbons (Fsp3) is 0.960. The van der Waals surface area contributed by atoms with Crippen LogP contribution in [0.1, 0.15) is 85.0 Å². The summed E-state index contributed by atoms with van der Waals surface area (Å²) in [6, 6.07) is 0. The summed E-state index contributed by atoms with van der Waals surface area (Å²) in [6.45, 7) is 6.81. The summed E-state index contributed by atoms with van der Waals surface area (Å²) >= 11 is 0. The molecule has 0 spiro atoms. The van der Waals surface area contributed by atoms with Crippen molar-refractivity contribution in [3.8, 4) is 0 Å². The maximum Gasteiger partial charge on any atom is 0.397 e. The van der Waals surface area contributed by atoms with Crippen molar-refractivity contribution in [1.29, 1.82) is 0 Å². The predicted molar refractivity (Wildman–Crippen MR) is 134 cm³/mol. The van der Waals surface area contributed by atoms with Crippen molar-refractivity contribution in [1.82, 2.24) is 0 Å². The van der Waals surface area contributed by atoms with Crippen molar-refractivity contribution in [3.05, 3.63) is 0 Å². The van der Waals surface area contributed by atoms with Crippen molar-refractivity contribution >= 4 is 26.8 Å². The van der Waals surface area contributed by atoms with E-state index in [1.165, 1.54) is 7.11 Å². The van der Waals surface area contributed by atoms with E-state index in [-0.39, 0.29) is 35.6 Å². The molecule has 0 aromatic heterocycles. The van der Waals surface area contributed by atoms with Crippen LogP contribution >= 0.6 is 0 Å². The molecule has 0 amide bonds. The Hall–Kier alpha value is -0.790. The number of hydrogen-bond donors (Lipinski definition) is 2. The molecule has 4 aliphatic carbocycles. The van der Waals surface area contributed by atoms with Crippen LogP contribution < -0.4 is 0 Å². The van der Waals surface area contributed by atoms with Crippen LogP contribution in [0, 0.1) is 46.3 Å². The zero-order chi connectivity index (χ0) is 27.4. The lowest BCUT2D eigenvalue weighted by Gasteiger charge is -2.62. The Morgan fingerprint density at radius 2 is 1.54 bits per heavy atom. The van der Waals surface area contributed by atoms with Gasteiger partial charge in [0.1, 0.15) is 12.2 Å². The lowest BCUT2D eigenvalue weighted by molar-refractivity contribution is -0.152. The van der Waals surface area contributed by atoms with Gasteiger partial charge in [-0.1, -0.05) is 20.8 Å². The summed E-state index contributed by atoms with van der Waals surface area (Å²) in [5.41, 5.74) is -0.136. The van der Waals surface area contributed by atoms with Gasteiger partial charge < -0.3 is 4.74 Å². The number of ether oxygens (including phenoxy) is 1. The van der Waals surface area contributed by atoms with E-state index in [2.05, 4.69) is 20.8 Å². The van der Waals surface area contributed by atoms with Gasteiger partial charge in [0, 0.05) is 6.42 Å². The summed E-state index contributed by atoms with van der Waals surface area (Å²) < 4.78 is 79.4. The molecule has 4 fully saturated rings. The summed E-state index contributed by atoms with van der Waals surface area (Å²) in [5.74, 6) is 2.17. The fourth-order valence-electron chi connectivity index (χ4n) is 9.37. The zero-order valence-corrected chi connectivity index (χ0v) is 23.8. The van der Waals surface area contributed by atoms with E-state index in [1.54, 1.807) is 0 Å². The number of rotatable bonds is 8. The first kappa shape index (κ1) is 29.2. The highest BCUT2D eigenvalue weighted by atomic mass is 32.3. The molecule has 10 nitrogen and oxygen atoms in total. The molecule has 10 atom stereocenters. The SMILES string of the molecule is COC(=O)CC[C@@H](C)[C@H]1CC[C@H]2[C@@H]3CC[C@H]4C[C@H](OS(=O)(=O)O)[C@@H](OS(=O)(=O)O)C[C@]4(C)[C@H]3CC[C@]12C. The molecule has 4 rings (SSSR count). The van der Waals surface area contributed by atoms with Gasteiger partial charge in [-0.3, -0.25) is 13.9 Å². The monoisotopic (exact) mass is 566 g/mol. The number of hydrogen-bond acceptors (Lipinski definition) is 8. The molecule has 0 unspecified atom stereocenters. The normalized spacial score (nSPS) is 42.8. The Morgan fingerprint density at radius 3 is 2.16 bits per heavy atom. The molecule has 37 heavy (non-hydrogen) atoms. The van der Waals surface area contributed by atoms with Crippen LogP contribution in [0.25, 0.3) is 0 Å². The Kier molecular flexibility index (Phi) is 8.14. The van der Waals surface area contributed by atoms with Crippen molar-refractivity contribution < 1.29 is 43.8 Å². The molecule has 0 bridgehead atoms. The van der Waals surface area contributed by atoms with Gasteiger partial charge in [0.05, 0.1) is 7.11 Å². The van der Waals surface area contributed by atoms with E-state index in [0.29, 0.717) is 36.0 Å². The number of carbonyl (C=O) groups is 1. The second-order valence-corrected chi connectivity index (χ2v) is 14.6. The summed E-state index contributed by atoms with van der Waals surface area (Å²) in [4.78, 5) is 11.7. The van der Waals surface area contributed by atoms with Gasteiger partial charge in [0.25, 0.3) is 0 Å². The molecule has 0 saturated heterocycles. The van der Waals surface area contributed by atoms with Gasteiger partial charge in [-0.05, 0) is 104 Å². The molecule has 12 heteroatoms. The standard InChI is InChI=1S/C25H42O10S2/c1-15(5-10-23(26)33-4)18-8-9-19-17-7-6-16-13-21(34-36(27,28)29)22(35-37(30,31)32)14-25(16,3)20(17)11-12-24(18,19)2/h15-22H,5-14H2,1-4H3,(H,27,28,29)(H,30,31,32)/t15-,16+,17+,18-,19+,20+,21+,22+,24-,25+/m1/s1. The minimum absolute atomic E-state index is 0.0854. The molecule has 4 aliphatic rings. The smallest absolute Gasteiger partial charge is 0.397 e. The van der Waals surface area contributed by atoms with E-state index >= 15 is 0 Å². The van der Waals surface area contributed by atoms with Crippen LogP contribution in [0.5, 0.6) is 0 Å². The predicted octanol–water partition coefficient (Wildman–Crippen LogP) is 4.22. The highest BCUT2D eigenvalue weighted by Gasteiger charge is 2.62. The van der Waals surface area contributed by atoms with Crippen LogP contribution in [-0.4, -0.2) is 51.2 Å². The second kappa shape index (κ2) is 10.3. The van der Waals surface area contributed by atoms with Gasteiger partial charge in [-0.15, -0.1) is 0 Å². The molecule has 4 saturated carbocycles. The van der Waals surface area contributed by atoms with Gasteiger partial charge >= 0.3 is 26.8 Å². The first-order valence-electron chi connectivity index (χ1n) is 13.5. The third kappa shape index (κ3) is 5.89. The highest BCUT2D eigenvalue weighted by molar-refractivity contribution is 7.81. The van der Waals surface area contributed by atoms with Crippen molar-refractivity contribution in [2.75, 3.05) is 7.11 Å². The quantitative estimate of drug-likeness (QED) is 0.322. The average molecular weight is 567 g/mol. The second-order valence-electron chi connectivity index (χ2n) is 12.5. The zero-order valence-electron chi connectivity index (χ0n) is 22.2. The lowest BCUT2D eigenvalue weighted by Crippen LogP contribution is -2.57. The Morgan fingerprint density at radius 1 is 0.919 bits per heavy atom. The van der Waals surface area contributed by atoms with Crippen LogP contribution in [0.4, 0.5) is 0 Å². The van der Waals surface area contributed by atoms with Gasteiger partial charge in [0.2, 0.25) is 0 Å². The Bertz CT molecular complexity index is 1080. The molecular weight excluding hydrogens is 524 g/mol. The van der Waals surface area contributed by atoms with Crippen LogP contribution in [-0.2, 0) is 38.7 Å². The first-order chi connectivity index (χ1) is 17.1. The fourth-order valence-corrected chi connectivity index (χ4v) is 10.4. The highest BCUT2D eigenvalue weighted by Crippen LogP contribution is 2.68. The van der Waals surface area contributed by atoms with Crippen LogP contribution in [0.3, 0.4) is 0 Å². The first-order valence-corrected chi connectivity index (χ1v) is 16.2. The molecule has 0 aromatic carbocycles. The van der Waals surface area contributed by atoms with E-state index in [1.807, 2.05) is 0 Å². The maximum atomic E-state index is 11.7. The topological polar surface area (TPSA) is 154 Å². The third-order valence-corrected chi connectivity index (χ3v) is 11.9. The summed E-state index contributed by atoms with van der Waals surface area (Å²) in [5, 5.41) is 0. The van der Waals surface area contributed by atoms with E-state index in [4.69, 9.17) is 13.1 Å². The molecule has 2 N–H and O–H groups in total. The van der Waals surface area contributed by atoms with E-state index in [9.17, 15) is 30.7 Å². The summed E-state index contributed by atoms with van der Waals surface area (Å²) in [6.07, 6.45) is 5.46. The minimum Gasteiger partial charge on any atom is -0.469 e. The molecule has 0 aliphatic heterocycles. The number of carbonyl (C=O) groups excluding carboxylic acids is 1. The number of methoxy groups -OCH3 is 1. The third-order valence-electron chi connectivity index (χ3n) is 10.9. The van der Waals surface area contributed by atoms with Crippen molar-refractivity contribution in [3.63, 3.8) is 0 Å². The van der Waals surface area contributed by atoms with Crippen molar-refractivity contribution in [2.45, 2.75) is 97.2 Å². The molecule has 0 radical (unpaired) electrons. The Labute approximate surface area is 221 Å². The van der Waals surface area contributed by atoms with Gasteiger partial charge in [-0.25, -0.2) is 8.37 Å². The van der Waals surface area contributed by atoms with Crippen LogP contribution in [0.2, 0.25) is 0 Å². The largest absolute Gasteiger partial charge is 0.469 e. The van der Waals surface area contributed by atoms with Crippen LogP contribution in [0.15, 0.2) is 0 Å². The maximum absolute atomic E-state index is 11.7. The number of esters is 1. The lowest BCUT2D eigenvalue weighted by atomic mass is 9.44. The van der Waals surface area contributed by atoms with Gasteiger partial charge in [0.15, 0.2) is 0 Å². The molecular formula is C25H42O10S2. The minimum atomic E-state index is -4.85. The van der Waals surface area contributed by atoms with E-state index < -0.39 is 33.0 Å². The molecule has 0 heterocycles. The summed E-state index contributed by atoms with van der Waals surface area (Å²) in [7, 11) is -8.25.